The fourth-order valence-corrected chi connectivity index (χ4v) is 4.33. The van der Waals surface area contributed by atoms with Crippen LogP contribution in [0.5, 0.6) is 0 Å². The maximum absolute atomic E-state index is 12.0. The van der Waals surface area contributed by atoms with Crippen molar-refractivity contribution in [3.63, 3.8) is 0 Å². The van der Waals surface area contributed by atoms with Gasteiger partial charge in [-0.2, -0.15) is 0 Å². The minimum absolute atomic E-state index is 0.203. The quantitative estimate of drug-likeness (QED) is 0.702. The highest BCUT2D eigenvalue weighted by molar-refractivity contribution is 7.89. The third kappa shape index (κ3) is 5.14. The van der Waals surface area contributed by atoms with E-state index in [0.717, 1.165) is 12.8 Å². The third-order valence-electron chi connectivity index (χ3n) is 3.43. The van der Waals surface area contributed by atoms with Gasteiger partial charge in [0, 0.05) is 19.0 Å². The first-order valence-electron chi connectivity index (χ1n) is 6.64. The number of hydrogen-bond donors (Lipinski definition) is 0. The zero-order valence-electron chi connectivity index (χ0n) is 10.7. The second-order valence-corrected chi connectivity index (χ2v) is 7.31. The molecular formula is C12H24ClNO2S. The topological polar surface area (TPSA) is 37.4 Å². The maximum atomic E-state index is 12.0. The lowest BCUT2D eigenvalue weighted by atomic mass is 9.96. The number of sulfonamides is 1. The minimum Gasteiger partial charge on any atom is -0.212 e. The van der Waals surface area contributed by atoms with Gasteiger partial charge in [0.25, 0.3) is 0 Å². The van der Waals surface area contributed by atoms with Crippen molar-refractivity contribution in [2.24, 2.45) is 5.92 Å². The largest absolute Gasteiger partial charge is 0.214 e. The van der Waals surface area contributed by atoms with Crippen LogP contribution in [0.2, 0.25) is 0 Å². The molecule has 102 valence electrons. The van der Waals surface area contributed by atoms with Crippen LogP contribution in [0, 0.1) is 5.92 Å². The van der Waals surface area contributed by atoms with Crippen LogP contribution in [0.3, 0.4) is 0 Å². The van der Waals surface area contributed by atoms with Crippen LogP contribution in [0.1, 0.15) is 45.4 Å². The normalized spacial score (nSPS) is 23.5. The highest BCUT2D eigenvalue weighted by atomic mass is 35.5. The number of alkyl halides is 1. The number of rotatable bonds is 6. The number of hydrogen-bond acceptors (Lipinski definition) is 2. The molecule has 0 aromatic rings. The molecule has 0 spiro atoms. The van der Waals surface area contributed by atoms with Crippen LogP contribution >= 0.6 is 11.6 Å². The second-order valence-electron chi connectivity index (χ2n) is 4.84. The summed E-state index contributed by atoms with van der Waals surface area (Å²) in [5.41, 5.74) is 0. The number of halogens is 1. The molecule has 1 fully saturated rings. The van der Waals surface area contributed by atoms with E-state index in [4.69, 9.17) is 11.6 Å². The highest BCUT2D eigenvalue weighted by Crippen LogP contribution is 2.23. The monoisotopic (exact) mass is 281 g/mol. The summed E-state index contributed by atoms with van der Waals surface area (Å²) in [6.07, 6.45) is 6.19. The lowest BCUT2D eigenvalue weighted by molar-refractivity contribution is 0.400. The van der Waals surface area contributed by atoms with Crippen LogP contribution in [-0.4, -0.2) is 37.4 Å². The van der Waals surface area contributed by atoms with Gasteiger partial charge in [0.2, 0.25) is 10.0 Å². The standard InChI is InChI=1S/C12H24ClNO2S/c1-2-5-12-6-3-9-14(10-7-12)17(15,16)11-4-8-13/h12H,2-11H2,1H3. The molecule has 3 nitrogen and oxygen atoms in total. The Kier molecular flexibility index (Phi) is 6.82. The smallest absolute Gasteiger partial charge is 0.212 e. The summed E-state index contributed by atoms with van der Waals surface area (Å²) < 4.78 is 25.7. The van der Waals surface area contributed by atoms with Gasteiger partial charge in [-0.05, 0) is 31.6 Å². The van der Waals surface area contributed by atoms with Crippen molar-refractivity contribution in [2.45, 2.75) is 45.4 Å². The van der Waals surface area contributed by atoms with Gasteiger partial charge in [-0.3, -0.25) is 0 Å². The molecule has 0 aromatic heterocycles. The molecule has 0 aromatic carbocycles. The van der Waals surface area contributed by atoms with Crippen molar-refractivity contribution in [1.29, 1.82) is 0 Å². The van der Waals surface area contributed by atoms with Crippen LogP contribution in [-0.2, 0) is 10.0 Å². The van der Waals surface area contributed by atoms with Gasteiger partial charge in [0.1, 0.15) is 0 Å². The Balaban J connectivity index is 2.50. The predicted molar refractivity (Wildman–Crippen MR) is 72.9 cm³/mol. The molecule has 0 saturated carbocycles. The van der Waals surface area contributed by atoms with Crippen molar-refractivity contribution in [1.82, 2.24) is 4.31 Å². The van der Waals surface area contributed by atoms with Crippen molar-refractivity contribution in [3.8, 4) is 0 Å². The van der Waals surface area contributed by atoms with Crippen LogP contribution < -0.4 is 0 Å². The summed E-state index contributed by atoms with van der Waals surface area (Å²) >= 11 is 5.56. The molecule has 17 heavy (non-hydrogen) atoms. The molecule has 1 heterocycles. The van der Waals surface area contributed by atoms with Gasteiger partial charge < -0.3 is 0 Å². The first-order chi connectivity index (χ1) is 8.10. The van der Waals surface area contributed by atoms with Crippen molar-refractivity contribution in [3.05, 3.63) is 0 Å². The molecule has 0 N–H and O–H groups in total. The SMILES string of the molecule is CCCC1CCCN(S(=O)(=O)CCCCl)CC1. The van der Waals surface area contributed by atoms with E-state index in [0.29, 0.717) is 31.3 Å². The van der Waals surface area contributed by atoms with Gasteiger partial charge in [0.15, 0.2) is 0 Å². The molecule has 5 heteroatoms. The maximum Gasteiger partial charge on any atom is 0.214 e. The van der Waals surface area contributed by atoms with Crippen molar-refractivity contribution < 1.29 is 8.42 Å². The van der Waals surface area contributed by atoms with Gasteiger partial charge >= 0.3 is 0 Å². The molecule has 1 unspecified atom stereocenters. The molecule has 0 bridgehead atoms. The zero-order chi connectivity index (χ0) is 12.7. The third-order valence-corrected chi connectivity index (χ3v) is 5.66. The Morgan fingerprint density at radius 1 is 1.29 bits per heavy atom. The summed E-state index contributed by atoms with van der Waals surface area (Å²) in [5.74, 6) is 1.34. The van der Waals surface area contributed by atoms with Crippen molar-refractivity contribution >= 4 is 21.6 Å². The first kappa shape index (κ1) is 15.3. The Morgan fingerprint density at radius 2 is 2.06 bits per heavy atom. The summed E-state index contributed by atoms with van der Waals surface area (Å²) in [6, 6.07) is 0. The lowest BCUT2D eigenvalue weighted by Gasteiger charge is -2.20. The van der Waals surface area contributed by atoms with Crippen LogP contribution in [0.25, 0.3) is 0 Å². The van der Waals surface area contributed by atoms with Gasteiger partial charge in [-0.1, -0.05) is 19.8 Å². The van der Waals surface area contributed by atoms with E-state index in [-0.39, 0.29) is 5.75 Å². The first-order valence-corrected chi connectivity index (χ1v) is 8.78. The van der Waals surface area contributed by atoms with Crippen LogP contribution in [0.15, 0.2) is 0 Å². The zero-order valence-corrected chi connectivity index (χ0v) is 12.3. The lowest BCUT2D eigenvalue weighted by Crippen LogP contribution is -2.34. The summed E-state index contributed by atoms with van der Waals surface area (Å²) in [4.78, 5) is 0. The van der Waals surface area contributed by atoms with E-state index in [1.807, 2.05) is 0 Å². The molecule has 0 radical (unpaired) electrons. The molecule has 1 aliphatic heterocycles. The van der Waals surface area contributed by atoms with E-state index in [9.17, 15) is 8.42 Å². The molecule has 1 saturated heterocycles. The van der Waals surface area contributed by atoms with Gasteiger partial charge in [0.05, 0.1) is 5.75 Å². The predicted octanol–water partition coefficient (Wildman–Crippen LogP) is 2.85. The average Bonchev–Trinajstić information content (AvgIpc) is 2.53. The molecule has 1 atom stereocenters. The molecule has 0 amide bonds. The van der Waals surface area contributed by atoms with E-state index in [2.05, 4.69) is 6.92 Å². The summed E-state index contributed by atoms with van der Waals surface area (Å²) in [5, 5.41) is 0. The fraction of sp³-hybridized carbons (Fsp3) is 1.00. The summed E-state index contributed by atoms with van der Waals surface area (Å²) in [7, 11) is -3.06. The minimum atomic E-state index is -3.06. The Morgan fingerprint density at radius 3 is 2.71 bits per heavy atom. The van der Waals surface area contributed by atoms with Crippen LogP contribution in [0.4, 0.5) is 0 Å². The molecule has 0 aliphatic carbocycles. The van der Waals surface area contributed by atoms with Gasteiger partial charge in [-0.15, -0.1) is 11.6 Å². The van der Waals surface area contributed by atoms with Gasteiger partial charge in [-0.25, -0.2) is 12.7 Å². The Hall–Kier alpha value is 0.200. The van der Waals surface area contributed by atoms with E-state index < -0.39 is 10.0 Å². The summed E-state index contributed by atoms with van der Waals surface area (Å²) in [6.45, 7) is 3.60. The highest BCUT2D eigenvalue weighted by Gasteiger charge is 2.25. The Labute approximate surface area is 111 Å². The van der Waals surface area contributed by atoms with Crippen molar-refractivity contribution in [2.75, 3.05) is 24.7 Å². The average molecular weight is 282 g/mol. The van der Waals surface area contributed by atoms with E-state index >= 15 is 0 Å². The fourth-order valence-electron chi connectivity index (χ4n) is 2.48. The Bertz CT molecular complexity index is 306. The van der Waals surface area contributed by atoms with E-state index in [1.165, 1.54) is 19.3 Å². The molecule has 1 aliphatic rings. The second kappa shape index (κ2) is 7.59. The number of nitrogens with zero attached hydrogens (tertiary/aromatic N) is 1. The molecular weight excluding hydrogens is 258 g/mol. The van der Waals surface area contributed by atoms with E-state index in [1.54, 1.807) is 4.31 Å². The molecule has 1 rings (SSSR count).